The van der Waals surface area contributed by atoms with Crippen LogP contribution in [0.4, 0.5) is 5.69 Å². The molecule has 0 aliphatic rings. The van der Waals surface area contributed by atoms with Crippen molar-refractivity contribution in [3.8, 4) is 0 Å². The molecule has 5 rings (SSSR count). The minimum atomic E-state index is -0.153. The summed E-state index contributed by atoms with van der Waals surface area (Å²) in [6.07, 6.45) is 1.66. The van der Waals surface area contributed by atoms with E-state index in [0.29, 0.717) is 17.8 Å². The molecule has 0 bridgehead atoms. The average molecular weight is 380 g/mol. The second-order valence-corrected chi connectivity index (χ2v) is 7.25. The zero-order chi connectivity index (χ0) is 19.8. The maximum Gasteiger partial charge on any atom is 0.272 e. The molecule has 0 fully saturated rings. The van der Waals surface area contributed by atoms with Crippen molar-refractivity contribution in [3.05, 3.63) is 102 Å². The van der Waals surface area contributed by atoms with E-state index in [1.165, 1.54) is 5.56 Å². The number of aromatic nitrogens is 1. The topological polar surface area (TPSA) is 47.2 Å². The highest BCUT2D eigenvalue weighted by Crippen LogP contribution is 2.26. The van der Waals surface area contributed by atoms with Crippen molar-refractivity contribution >= 4 is 33.5 Å². The van der Waals surface area contributed by atoms with E-state index in [1.54, 1.807) is 6.26 Å². The number of aryl methyl sites for hydroxylation is 1. The summed E-state index contributed by atoms with van der Waals surface area (Å²) in [5.74, 6) is -0.153. The lowest BCUT2D eigenvalue weighted by Crippen LogP contribution is -2.17. The predicted molar refractivity (Wildman–Crippen MR) is 116 cm³/mol. The highest BCUT2D eigenvalue weighted by Gasteiger charge is 2.18. The highest BCUT2D eigenvalue weighted by molar-refractivity contribution is 6.10. The Balaban J connectivity index is 1.53. The van der Waals surface area contributed by atoms with Gasteiger partial charge >= 0.3 is 0 Å². The molecule has 3 aromatic carbocycles. The van der Waals surface area contributed by atoms with Crippen molar-refractivity contribution in [1.29, 1.82) is 0 Å². The van der Waals surface area contributed by atoms with Crippen molar-refractivity contribution in [2.45, 2.75) is 13.5 Å². The van der Waals surface area contributed by atoms with Gasteiger partial charge in [-0.2, -0.15) is 0 Å². The number of rotatable bonds is 4. The van der Waals surface area contributed by atoms with Gasteiger partial charge in [-0.3, -0.25) is 4.79 Å². The number of hydrogen-bond donors (Lipinski definition) is 1. The van der Waals surface area contributed by atoms with Crippen molar-refractivity contribution < 1.29 is 9.21 Å². The van der Waals surface area contributed by atoms with Gasteiger partial charge in [0.05, 0.1) is 11.8 Å². The van der Waals surface area contributed by atoms with E-state index in [1.807, 2.05) is 59.2 Å². The normalized spacial score (nSPS) is 11.2. The van der Waals surface area contributed by atoms with Crippen molar-refractivity contribution in [2.75, 3.05) is 5.32 Å². The molecule has 0 spiro atoms. The van der Waals surface area contributed by atoms with E-state index < -0.39 is 0 Å². The van der Waals surface area contributed by atoms with Gasteiger partial charge in [-0.25, -0.2) is 0 Å². The average Bonchev–Trinajstić information content (AvgIpc) is 3.32. The van der Waals surface area contributed by atoms with Gasteiger partial charge < -0.3 is 14.3 Å². The van der Waals surface area contributed by atoms with Crippen LogP contribution in [0.5, 0.6) is 0 Å². The number of amides is 1. The number of carbonyl (C=O) groups excluding carboxylic acids is 1. The Bertz CT molecular complexity index is 1320. The summed E-state index contributed by atoms with van der Waals surface area (Å²) in [6.45, 7) is 2.67. The van der Waals surface area contributed by atoms with Crippen LogP contribution in [-0.2, 0) is 6.54 Å². The second-order valence-electron chi connectivity index (χ2n) is 7.25. The van der Waals surface area contributed by atoms with Gasteiger partial charge in [-0.1, -0.05) is 66.2 Å². The predicted octanol–water partition coefficient (Wildman–Crippen LogP) is 6.00. The molecular weight excluding hydrogens is 360 g/mol. The van der Waals surface area contributed by atoms with Crippen molar-refractivity contribution in [1.82, 2.24) is 4.57 Å². The first kappa shape index (κ1) is 17.3. The summed E-state index contributed by atoms with van der Waals surface area (Å²) in [4.78, 5) is 13.2. The van der Waals surface area contributed by atoms with E-state index in [4.69, 9.17) is 4.42 Å². The van der Waals surface area contributed by atoms with Gasteiger partial charge in [0.15, 0.2) is 5.58 Å². The maximum atomic E-state index is 13.2. The van der Waals surface area contributed by atoms with Crippen LogP contribution in [0, 0.1) is 6.92 Å². The molecule has 29 heavy (non-hydrogen) atoms. The minimum absolute atomic E-state index is 0.153. The Morgan fingerprint density at radius 2 is 1.76 bits per heavy atom. The number of anilines is 1. The van der Waals surface area contributed by atoms with E-state index in [-0.39, 0.29) is 5.91 Å². The first-order chi connectivity index (χ1) is 14.2. The number of nitrogens with one attached hydrogen (secondary N) is 1. The maximum absolute atomic E-state index is 13.2. The molecule has 0 aliphatic heterocycles. The standard InChI is InChI=1S/C25H20N2O2/c1-17-9-11-18(12-10-17)16-27-22-13-14-29-24(22)15-23(27)25(28)26-21-8-4-6-19-5-2-3-7-20(19)21/h2-15H,16H2,1H3,(H,26,28). The van der Waals surface area contributed by atoms with E-state index in [9.17, 15) is 4.79 Å². The minimum Gasteiger partial charge on any atom is -0.463 e. The van der Waals surface area contributed by atoms with Gasteiger partial charge in [0.25, 0.3) is 5.91 Å². The summed E-state index contributed by atoms with van der Waals surface area (Å²) in [6, 6.07) is 26.0. The lowest BCUT2D eigenvalue weighted by molar-refractivity contribution is 0.101. The highest BCUT2D eigenvalue weighted by atomic mass is 16.3. The molecule has 0 saturated carbocycles. The Kier molecular flexibility index (Phi) is 4.17. The van der Waals surface area contributed by atoms with E-state index >= 15 is 0 Å². The van der Waals surface area contributed by atoms with Crippen LogP contribution in [-0.4, -0.2) is 10.5 Å². The monoisotopic (exact) mass is 380 g/mol. The zero-order valence-corrected chi connectivity index (χ0v) is 16.1. The Morgan fingerprint density at radius 1 is 0.966 bits per heavy atom. The molecule has 1 N–H and O–H groups in total. The number of nitrogens with zero attached hydrogens (tertiary/aromatic N) is 1. The number of fused-ring (bicyclic) bond motifs is 2. The van der Waals surface area contributed by atoms with Crippen LogP contribution in [0.25, 0.3) is 21.9 Å². The first-order valence-electron chi connectivity index (χ1n) is 9.60. The lowest BCUT2D eigenvalue weighted by atomic mass is 10.1. The molecule has 0 unspecified atom stereocenters. The summed E-state index contributed by atoms with van der Waals surface area (Å²) in [5.41, 5.74) is 5.34. The molecule has 4 nitrogen and oxygen atoms in total. The summed E-state index contributed by atoms with van der Waals surface area (Å²) < 4.78 is 7.57. The van der Waals surface area contributed by atoms with Crippen molar-refractivity contribution in [2.24, 2.45) is 0 Å². The Labute approximate surface area is 168 Å². The lowest BCUT2D eigenvalue weighted by Gasteiger charge is -2.12. The van der Waals surface area contributed by atoms with Gasteiger partial charge in [0.1, 0.15) is 5.69 Å². The van der Waals surface area contributed by atoms with Crippen LogP contribution in [0.3, 0.4) is 0 Å². The number of furan rings is 1. The summed E-state index contributed by atoms with van der Waals surface area (Å²) in [7, 11) is 0. The number of carbonyl (C=O) groups is 1. The second kappa shape index (κ2) is 6.99. The molecule has 0 radical (unpaired) electrons. The molecule has 4 heteroatoms. The molecule has 0 aliphatic carbocycles. The van der Waals surface area contributed by atoms with Crippen LogP contribution < -0.4 is 5.32 Å². The molecule has 0 atom stereocenters. The third-order valence-electron chi connectivity index (χ3n) is 5.25. The molecular formula is C25H20N2O2. The summed E-state index contributed by atoms with van der Waals surface area (Å²) >= 11 is 0. The van der Waals surface area contributed by atoms with Crippen LogP contribution in [0.2, 0.25) is 0 Å². The fraction of sp³-hybridized carbons (Fsp3) is 0.0800. The third-order valence-corrected chi connectivity index (χ3v) is 5.25. The van der Waals surface area contributed by atoms with E-state index in [0.717, 1.165) is 27.5 Å². The number of hydrogen-bond acceptors (Lipinski definition) is 2. The molecule has 1 amide bonds. The van der Waals surface area contributed by atoms with Crippen molar-refractivity contribution in [3.63, 3.8) is 0 Å². The molecule has 0 saturated heterocycles. The quantitative estimate of drug-likeness (QED) is 0.416. The number of benzene rings is 3. The Hall–Kier alpha value is -3.79. The fourth-order valence-electron chi connectivity index (χ4n) is 3.73. The van der Waals surface area contributed by atoms with Gasteiger partial charge in [-0.05, 0) is 23.9 Å². The molecule has 2 aromatic heterocycles. The largest absolute Gasteiger partial charge is 0.463 e. The first-order valence-corrected chi connectivity index (χ1v) is 9.60. The third kappa shape index (κ3) is 3.19. The van der Waals surface area contributed by atoms with Crippen LogP contribution in [0.15, 0.2) is 89.5 Å². The van der Waals surface area contributed by atoms with E-state index in [2.05, 4.69) is 36.5 Å². The molecule has 2 heterocycles. The van der Waals surface area contributed by atoms with Crippen LogP contribution >= 0.6 is 0 Å². The van der Waals surface area contributed by atoms with Gasteiger partial charge in [0.2, 0.25) is 0 Å². The zero-order valence-electron chi connectivity index (χ0n) is 16.1. The van der Waals surface area contributed by atoms with Gasteiger partial charge in [0, 0.05) is 29.8 Å². The Morgan fingerprint density at radius 3 is 2.62 bits per heavy atom. The molecule has 5 aromatic rings. The molecule has 142 valence electrons. The summed E-state index contributed by atoms with van der Waals surface area (Å²) in [5, 5.41) is 5.19. The fourth-order valence-corrected chi connectivity index (χ4v) is 3.73. The van der Waals surface area contributed by atoms with Crippen LogP contribution in [0.1, 0.15) is 21.6 Å². The smallest absolute Gasteiger partial charge is 0.272 e. The SMILES string of the molecule is Cc1ccc(Cn2c(C(=O)Nc3cccc4ccccc34)cc3occc32)cc1. The van der Waals surface area contributed by atoms with Gasteiger partial charge in [-0.15, -0.1) is 0 Å².